The Labute approximate surface area is 183 Å². The van der Waals surface area contributed by atoms with E-state index in [1.807, 2.05) is 43.3 Å². The molecule has 1 amide bonds. The van der Waals surface area contributed by atoms with Gasteiger partial charge in [0, 0.05) is 19.2 Å². The Kier molecular flexibility index (Phi) is 7.13. The quantitative estimate of drug-likeness (QED) is 0.393. The van der Waals surface area contributed by atoms with Crippen molar-refractivity contribution in [2.24, 2.45) is 5.92 Å². The van der Waals surface area contributed by atoms with E-state index >= 15 is 0 Å². The summed E-state index contributed by atoms with van der Waals surface area (Å²) in [4.78, 5) is 27.2. The first-order valence-corrected chi connectivity index (χ1v) is 10.4. The average molecular weight is 424 g/mol. The van der Waals surface area contributed by atoms with Gasteiger partial charge in [-0.05, 0) is 42.2 Å². The number of ether oxygens (including phenoxy) is 2. The van der Waals surface area contributed by atoms with E-state index < -0.39 is 17.7 Å². The molecule has 3 rings (SSSR count). The monoisotopic (exact) mass is 423 g/mol. The molecule has 1 atom stereocenters. The number of carbonyl (C=O) groups is 2. The minimum atomic E-state index is -0.693. The maximum Gasteiger partial charge on any atom is 0.295 e. The minimum Gasteiger partial charge on any atom is -0.507 e. The summed E-state index contributed by atoms with van der Waals surface area (Å²) in [5, 5.41) is 11.2. The van der Waals surface area contributed by atoms with Crippen LogP contribution in [0.3, 0.4) is 0 Å². The Bertz CT molecular complexity index is 981. The summed E-state index contributed by atoms with van der Waals surface area (Å²) in [7, 11) is 1.54. The van der Waals surface area contributed by atoms with Gasteiger partial charge in [-0.3, -0.25) is 9.59 Å². The van der Waals surface area contributed by atoms with E-state index in [0.717, 1.165) is 11.1 Å². The first-order valence-electron chi connectivity index (χ1n) is 10.4. The van der Waals surface area contributed by atoms with E-state index in [1.165, 1.54) is 4.90 Å². The van der Waals surface area contributed by atoms with Gasteiger partial charge in [-0.1, -0.05) is 44.2 Å². The van der Waals surface area contributed by atoms with E-state index in [1.54, 1.807) is 19.2 Å². The minimum absolute atomic E-state index is 0.0891. The number of Topliss-reactive ketones (excluding diaryl/α,β-unsaturated/α-hetero) is 1. The summed E-state index contributed by atoms with van der Waals surface area (Å²) in [5.74, 6) is -0.422. The number of rotatable bonds is 8. The van der Waals surface area contributed by atoms with Crippen molar-refractivity contribution in [3.05, 3.63) is 70.8 Å². The highest BCUT2D eigenvalue weighted by Gasteiger charge is 2.45. The molecule has 1 fully saturated rings. The molecule has 0 bridgehead atoms. The van der Waals surface area contributed by atoms with Crippen molar-refractivity contribution in [3.63, 3.8) is 0 Å². The standard InChI is InChI=1S/C25H29NO5/c1-16(2)15-31-19-10-11-20(17(3)14-19)23(27)21-22(18-8-6-5-7-9-18)26(12-13-30-4)25(29)24(21)28/h5-11,14,16,22,27H,12-13,15H2,1-4H3/b23-21+/t22-/m1/s1. The van der Waals surface area contributed by atoms with Crippen LogP contribution in [0.1, 0.15) is 36.6 Å². The van der Waals surface area contributed by atoms with Crippen LogP contribution in [0.2, 0.25) is 0 Å². The molecule has 2 aromatic carbocycles. The second-order valence-electron chi connectivity index (χ2n) is 8.08. The molecule has 164 valence electrons. The number of amides is 1. The third-order valence-corrected chi connectivity index (χ3v) is 5.23. The molecule has 0 saturated carbocycles. The number of methoxy groups -OCH3 is 1. The number of carbonyl (C=O) groups excluding carboxylic acids is 2. The van der Waals surface area contributed by atoms with Crippen LogP contribution in [-0.2, 0) is 14.3 Å². The first-order chi connectivity index (χ1) is 14.8. The number of benzene rings is 2. The van der Waals surface area contributed by atoms with E-state index in [2.05, 4.69) is 13.8 Å². The van der Waals surface area contributed by atoms with Crippen molar-refractivity contribution >= 4 is 17.4 Å². The van der Waals surface area contributed by atoms with Gasteiger partial charge in [0.05, 0.1) is 24.8 Å². The van der Waals surface area contributed by atoms with Gasteiger partial charge < -0.3 is 19.5 Å². The van der Waals surface area contributed by atoms with Gasteiger partial charge in [0.1, 0.15) is 11.5 Å². The molecular formula is C25H29NO5. The summed E-state index contributed by atoms with van der Waals surface area (Å²) >= 11 is 0. The summed E-state index contributed by atoms with van der Waals surface area (Å²) in [6.45, 7) is 7.10. The predicted molar refractivity (Wildman–Crippen MR) is 119 cm³/mol. The largest absolute Gasteiger partial charge is 0.507 e. The number of aryl methyl sites for hydroxylation is 1. The Morgan fingerprint density at radius 1 is 1.13 bits per heavy atom. The van der Waals surface area contributed by atoms with Crippen molar-refractivity contribution in [3.8, 4) is 5.75 Å². The van der Waals surface area contributed by atoms with Gasteiger partial charge in [0.15, 0.2) is 0 Å². The number of nitrogens with zero attached hydrogens (tertiary/aromatic N) is 1. The van der Waals surface area contributed by atoms with Crippen LogP contribution < -0.4 is 4.74 Å². The molecule has 0 aliphatic carbocycles. The lowest BCUT2D eigenvalue weighted by molar-refractivity contribution is -0.140. The molecule has 1 saturated heterocycles. The van der Waals surface area contributed by atoms with Crippen LogP contribution in [0.5, 0.6) is 5.75 Å². The van der Waals surface area contributed by atoms with Gasteiger partial charge in [0.2, 0.25) is 0 Å². The lowest BCUT2D eigenvalue weighted by Crippen LogP contribution is -2.32. The molecule has 0 spiro atoms. The van der Waals surface area contributed by atoms with Crippen LogP contribution in [0.4, 0.5) is 0 Å². The number of likely N-dealkylation sites (tertiary alicyclic amines) is 1. The van der Waals surface area contributed by atoms with Gasteiger partial charge in [-0.25, -0.2) is 0 Å². The molecule has 1 N–H and O–H groups in total. The van der Waals surface area contributed by atoms with Crippen molar-refractivity contribution in [1.82, 2.24) is 4.90 Å². The molecule has 0 unspecified atom stereocenters. The predicted octanol–water partition coefficient (Wildman–Crippen LogP) is 4.10. The van der Waals surface area contributed by atoms with Crippen molar-refractivity contribution in [2.75, 3.05) is 26.9 Å². The van der Waals surface area contributed by atoms with Crippen molar-refractivity contribution < 1.29 is 24.2 Å². The molecular weight excluding hydrogens is 394 g/mol. The molecule has 6 heteroatoms. The van der Waals surface area contributed by atoms with E-state index in [4.69, 9.17) is 9.47 Å². The van der Waals surface area contributed by atoms with Gasteiger partial charge in [-0.15, -0.1) is 0 Å². The lowest BCUT2D eigenvalue weighted by Gasteiger charge is -2.25. The number of hydrogen-bond donors (Lipinski definition) is 1. The van der Waals surface area contributed by atoms with Crippen LogP contribution in [0.25, 0.3) is 5.76 Å². The smallest absolute Gasteiger partial charge is 0.295 e. The molecule has 1 aliphatic heterocycles. The van der Waals surface area contributed by atoms with Crippen LogP contribution >= 0.6 is 0 Å². The first kappa shape index (κ1) is 22.6. The Morgan fingerprint density at radius 2 is 1.84 bits per heavy atom. The second-order valence-corrected chi connectivity index (χ2v) is 8.08. The van der Waals surface area contributed by atoms with E-state index in [0.29, 0.717) is 23.8 Å². The zero-order chi connectivity index (χ0) is 22.5. The summed E-state index contributed by atoms with van der Waals surface area (Å²) in [6.07, 6.45) is 0. The summed E-state index contributed by atoms with van der Waals surface area (Å²) < 4.78 is 10.9. The highest BCUT2D eigenvalue weighted by Crippen LogP contribution is 2.39. The lowest BCUT2D eigenvalue weighted by atomic mass is 9.94. The van der Waals surface area contributed by atoms with E-state index in [9.17, 15) is 14.7 Å². The number of aliphatic hydroxyl groups is 1. The third kappa shape index (κ3) is 4.80. The van der Waals surface area contributed by atoms with Crippen LogP contribution in [0, 0.1) is 12.8 Å². The Morgan fingerprint density at radius 3 is 2.45 bits per heavy atom. The second kappa shape index (κ2) is 9.79. The Balaban J connectivity index is 2.06. The maximum atomic E-state index is 13.0. The topological polar surface area (TPSA) is 76.1 Å². The fourth-order valence-corrected chi connectivity index (χ4v) is 3.68. The SMILES string of the molecule is COCCN1C(=O)C(=O)/C(=C(/O)c2ccc(OCC(C)C)cc2C)[C@H]1c1ccccc1. The van der Waals surface area contributed by atoms with E-state index in [-0.39, 0.29) is 24.5 Å². The number of aliphatic hydroxyl groups excluding tert-OH is 1. The zero-order valence-electron chi connectivity index (χ0n) is 18.4. The normalized spacial score (nSPS) is 18.1. The molecule has 0 radical (unpaired) electrons. The maximum absolute atomic E-state index is 13.0. The van der Waals surface area contributed by atoms with Crippen molar-refractivity contribution in [2.45, 2.75) is 26.8 Å². The molecule has 2 aromatic rings. The average Bonchev–Trinajstić information content (AvgIpc) is 3.01. The van der Waals surface area contributed by atoms with Crippen LogP contribution in [0.15, 0.2) is 54.1 Å². The zero-order valence-corrected chi connectivity index (χ0v) is 18.4. The van der Waals surface area contributed by atoms with Gasteiger partial charge >= 0.3 is 0 Å². The molecule has 1 aliphatic rings. The number of ketones is 1. The molecule has 1 heterocycles. The summed E-state index contributed by atoms with van der Waals surface area (Å²) in [6, 6.07) is 13.9. The Hall–Kier alpha value is -3.12. The van der Waals surface area contributed by atoms with Gasteiger partial charge in [-0.2, -0.15) is 0 Å². The highest BCUT2D eigenvalue weighted by atomic mass is 16.5. The third-order valence-electron chi connectivity index (χ3n) is 5.23. The molecule has 0 aromatic heterocycles. The van der Waals surface area contributed by atoms with Crippen LogP contribution in [-0.4, -0.2) is 48.6 Å². The molecule has 6 nitrogen and oxygen atoms in total. The fourth-order valence-electron chi connectivity index (χ4n) is 3.68. The fraction of sp³-hybridized carbons (Fsp3) is 0.360. The van der Waals surface area contributed by atoms with Crippen molar-refractivity contribution in [1.29, 1.82) is 0 Å². The molecule has 31 heavy (non-hydrogen) atoms. The van der Waals surface area contributed by atoms with Gasteiger partial charge in [0.25, 0.3) is 11.7 Å². The highest BCUT2D eigenvalue weighted by molar-refractivity contribution is 6.46. The summed E-state index contributed by atoms with van der Waals surface area (Å²) in [5.41, 5.74) is 2.11. The number of hydrogen-bond acceptors (Lipinski definition) is 5.